The van der Waals surface area contributed by atoms with E-state index in [-0.39, 0.29) is 16.0 Å². The van der Waals surface area contributed by atoms with Crippen molar-refractivity contribution in [2.24, 2.45) is 5.10 Å². The summed E-state index contributed by atoms with van der Waals surface area (Å²) in [6.45, 7) is 4.26. The predicted molar refractivity (Wildman–Crippen MR) is 139 cm³/mol. The molecule has 6 nitrogen and oxygen atoms in total. The second-order valence-corrected chi connectivity index (χ2v) is 10.2. The molecule has 0 bridgehead atoms. The first-order valence-corrected chi connectivity index (χ1v) is 12.5. The molecule has 4 aromatic rings. The van der Waals surface area contributed by atoms with Crippen molar-refractivity contribution in [1.29, 1.82) is 0 Å². The Labute approximate surface area is 206 Å². The Bertz CT molecular complexity index is 1360. The summed E-state index contributed by atoms with van der Waals surface area (Å²) in [5.74, 6) is 0. The van der Waals surface area contributed by atoms with Gasteiger partial charge in [0.1, 0.15) is 10.4 Å². The van der Waals surface area contributed by atoms with Crippen LogP contribution in [0.25, 0.3) is 5.69 Å². The molecular weight excluding hydrogens is 464 g/mol. The van der Waals surface area contributed by atoms with Crippen molar-refractivity contribution in [1.82, 2.24) is 9.99 Å². The third kappa shape index (κ3) is 4.47. The summed E-state index contributed by atoms with van der Waals surface area (Å²) in [5, 5.41) is 16.5. The largest absolute Gasteiger partial charge is 0.318 e. The number of nitro groups is 1. The van der Waals surface area contributed by atoms with E-state index in [1.54, 1.807) is 35.7 Å². The molecule has 1 atom stereocenters. The molecule has 170 valence electrons. The van der Waals surface area contributed by atoms with Gasteiger partial charge in [0.15, 0.2) is 0 Å². The summed E-state index contributed by atoms with van der Waals surface area (Å²) in [5.41, 5.74) is 9.19. The number of non-ortho nitro benzene ring substituents is 1. The van der Waals surface area contributed by atoms with Gasteiger partial charge in [-0.05, 0) is 56.3 Å². The van der Waals surface area contributed by atoms with Gasteiger partial charge in [-0.15, -0.1) is 0 Å². The highest BCUT2D eigenvalue weighted by molar-refractivity contribution is 8.14. The number of hydrogen-bond acceptors (Lipinski definition) is 6. The minimum absolute atomic E-state index is 0.0760. The van der Waals surface area contributed by atoms with E-state index >= 15 is 0 Å². The van der Waals surface area contributed by atoms with Crippen LogP contribution in [0.4, 0.5) is 5.69 Å². The Kier molecular flexibility index (Phi) is 6.17. The molecule has 34 heavy (non-hydrogen) atoms. The van der Waals surface area contributed by atoms with Gasteiger partial charge in [0.2, 0.25) is 0 Å². The van der Waals surface area contributed by atoms with Crippen molar-refractivity contribution in [2.45, 2.75) is 29.0 Å². The summed E-state index contributed by atoms with van der Waals surface area (Å²) in [6, 6.07) is 27.5. The van der Waals surface area contributed by atoms with Crippen LogP contribution >= 0.6 is 23.5 Å². The Morgan fingerprint density at radius 1 is 0.971 bits per heavy atom. The number of hydrazone groups is 1. The molecule has 0 unspecified atom stereocenters. The Hall–Kier alpha value is -3.49. The van der Waals surface area contributed by atoms with Crippen LogP contribution in [0.1, 0.15) is 27.9 Å². The summed E-state index contributed by atoms with van der Waals surface area (Å²) in [6.07, 6.45) is 0. The second-order valence-electron chi connectivity index (χ2n) is 7.92. The monoisotopic (exact) mass is 486 g/mol. The van der Waals surface area contributed by atoms with Crippen molar-refractivity contribution in [3.05, 3.63) is 118 Å². The van der Waals surface area contributed by atoms with Crippen LogP contribution in [0.3, 0.4) is 0 Å². The topological polar surface area (TPSA) is 72.5 Å². The molecule has 1 aliphatic rings. The molecular formula is C26H22N4O2S2. The normalized spacial score (nSPS) is 15.1. The Morgan fingerprint density at radius 2 is 1.62 bits per heavy atom. The summed E-state index contributed by atoms with van der Waals surface area (Å²) >= 11 is 3.32. The number of benzene rings is 3. The molecule has 0 radical (unpaired) electrons. The average molecular weight is 487 g/mol. The first kappa shape index (κ1) is 22.3. The highest BCUT2D eigenvalue weighted by Gasteiger charge is 2.26. The number of nitro benzene ring substituents is 1. The standard InChI is InChI=1S/C26H22N4O2S2/c1-17-16-24(26-28-27-25(34-26)19-6-4-3-5-7-19)18(2)29(17)20-8-12-22(13-9-20)33-23-14-10-21(11-15-23)30(31)32/h3-16,26,28H,1-2H3/t26-/m1/s1. The Balaban J connectivity index is 1.32. The lowest BCUT2D eigenvalue weighted by Gasteiger charge is -2.13. The third-order valence-electron chi connectivity index (χ3n) is 5.66. The number of hydrogen-bond donors (Lipinski definition) is 1. The zero-order chi connectivity index (χ0) is 23.7. The molecule has 3 aromatic carbocycles. The van der Waals surface area contributed by atoms with Crippen molar-refractivity contribution < 1.29 is 4.92 Å². The molecule has 0 saturated heterocycles. The fraction of sp³-hybridized carbons (Fsp3) is 0.115. The van der Waals surface area contributed by atoms with Gasteiger partial charge in [0.25, 0.3) is 5.69 Å². The van der Waals surface area contributed by atoms with Crippen LogP contribution in [0.2, 0.25) is 0 Å². The molecule has 0 saturated carbocycles. The van der Waals surface area contributed by atoms with Gasteiger partial charge in [-0.1, -0.05) is 53.9 Å². The molecule has 1 aromatic heterocycles. The first-order valence-electron chi connectivity index (χ1n) is 10.8. The smallest absolute Gasteiger partial charge is 0.269 e. The number of nitrogens with one attached hydrogen (secondary N) is 1. The van der Waals surface area contributed by atoms with Gasteiger partial charge in [0.05, 0.1) is 4.92 Å². The molecule has 1 aliphatic heterocycles. The summed E-state index contributed by atoms with van der Waals surface area (Å²) in [4.78, 5) is 12.5. The quantitative estimate of drug-likeness (QED) is 0.238. The van der Waals surface area contributed by atoms with E-state index in [0.29, 0.717) is 0 Å². The van der Waals surface area contributed by atoms with Crippen LogP contribution in [-0.2, 0) is 0 Å². The molecule has 0 spiro atoms. The molecule has 0 fully saturated rings. The SMILES string of the molecule is Cc1cc([C@@H]2NN=C(c3ccccc3)S2)c(C)n1-c1ccc(Sc2ccc([N+](=O)[O-])cc2)cc1. The summed E-state index contributed by atoms with van der Waals surface area (Å²) < 4.78 is 2.26. The first-order chi connectivity index (χ1) is 16.5. The van der Waals surface area contributed by atoms with Gasteiger partial charge >= 0.3 is 0 Å². The molecule has 0 aliphatic carbocycles. The van der Waals surface area contributed by atoms with E-state index in [9.17, 15) is 10.1 Å². The predicted octanol–water partition coefficient (Wildman–Crippen LogP) is 6.85. The highest BCUT2D eigenvalue weighted by atomic mass is 32.2. The minimum Gasteiger partial charge on any atom is -0.318 e. The highest BCUT2D eigenvalue weighted by Crippen LogP contribution is 2.38. The molecule has 0 amide bonds. The molecule has 5 rings (SSSR count). The maximum absolute atomic E-state index is 10.8. The van der Waals surface area contributed by atoms with Gasteiger partial charge in [0, 0.05) is 50.1 Å². The molecule has 1 N–H and O–H groups in total. The van der Waals surface area contributed by atoms with Gasteiger partial charge < -0.3 is 4.57 Å². The van der Waals surface area contributed by atoms with Crippen LogP contribution in [-0.4, -0.2) is 14.5 Å². The summed E-state index contributed by atoms with van der Waals surface area (Å²) in [7, 11) is 0. The molecule has 8 heteroatoms. The average Bonchev–Trinajstić information content (AvgIpc) is 3.45. The molecule has 2 heterocycles. The van der Waals surface area contributed by atoms with E-state index < -0.39 is 0 Å². The van der Waals surface area contributed by atoms with E-state index in [1.165, 1.54) is 29.1 Å². The zero-order valence-electron chi connectivity index (χ0n) is 18.6. The number of aromatic nitrogens is 1. The lowest BCUT2D eigenvalue weighted by Crippen LogP contribution is -2.08. The minimum atomic E-state index is -0.381. The van der Waals surface area contributed by atoms with Crippen molar-refractivity contribution >= 4 is 34.3 Å². The van der Waals surface area contributed by atoms with Crippen LogP contribution in [0.15, 0.2) is 99.8 Å². The van der Waals surface area contributed by atoms with E-state index in [0.717, 1.165) is 26.1 Å². The van der Waals surface area contributed by atoms with Crippen molar-refractivity contribution in [3.63, 3.8) is 0 Å². The van der Waals surface area contributed by atoms with Crippen LogP contribution in [0, 0.1) is 24.0 Å². The fourth-order valence-electron chi connectivity index (χ4n) is 4.01. The maximum Gasteiger partial charge on any atom is 0.269 e. The van der Waals surface area contributed by atoms with Gasteiger partial charge in [-0.25, -0.2) is 0 Å². The third-order valence-corrected chi connectivity index (χ3v) is 7.83. The van der Waals surface area contributed by atoms with Gasteiger partial charge in [-0.3, -0.25) is 15.5 Å². The van der Waals surface area contributed by atoms with E-state index in [1.807, 2.05) is 18.2 Å². The fourth-order valence-corrected chi connectivity index (χ4v) is 5.90. The van der Waals surface area contributed by atoms with Crippen molar-refractivity contribution in [3.8, 4) is 5.69 Å². The zero-order valence-corrected chi connectivity index (χ0v) is 20.3. The number of aryl methyl sites for hydroxylation is 1. The number of rotatable bonds is 6. The van der Waals surface area contributed by atoms with E-state index in [4.69, 9.17) is 0 Å². The second kappa shape index (κ2) is 9.40. The van der Waals surface area contributed by atoms with Gasteiger partial charge in [-0.2, -0.15) is 5.10 Å². The Morgan fingerprint density at radius 3 is 2.26 bits per heavy atom. The van der Waals surface area contributed by atoms with Crippen molar-refractivity contribution in [2.75, 3.05) is 0 Å². The van der Waals surface area contributed by atoms with Crippen LogP contribution < -0.4 is 5.43 Å². The maximum atomic E-state index is 10.8. The number of nitrogens with zero attached hydrogens (tertiary/aromatic N) is 3. The lowest BCUT2D eigenvalue weighted by molar-refractivity contribution is -0.384. The number of thioether (sulfide) groups is 1. The van der Waals surface area contributed by atoms with Crippen LogP contribution in [0.5, 0.6) is 0 Å². The lowest BCUT2D eigenvalue weighted by atomic mass is 10.2. The van der Waals surface area contributed by atoms with E-state index in [2.05, 4.69) is 71.4 Å².